The second-order valence-corrected chi connectivity index (χ2v) is 11.5. The van der Waals surface area contributed by atoms with Gasteiger partial charge in [0, 0.05) is 6.21 Å². The van der Waals surface area contributed by atoms with Crippen LogP contribution >= 0.6 is 0 Å². The Morgan fingerprint density at radius 3 is 1.49 bits per heavy atom. The lowest BCUT2D eigenvalue weighted by Crippen LogP contribution is -1.97. The molecule has 0 aliphatic rings. The van der Waals surface area contributed by atoms with E-state index in [0.717, 1.165) is 30.0 Å². The topological polar surface area (TPSA) is 21.6 Å². The molecule has 2 rings (SSSR count). The molecule has 0 fully saturated rings. The number of unbranched alkanes of at least 4 members (excludes halogenated alkanes) is 18. The molecule has 2 aromatic rings. The highest BCUT2D eigenvalue weighted by molar-refractivity contribution is 5.81. The Balaban J connectivity index is 1.47. The number of hydrogen-bond acceptors (Lipinski definition) is 2. The van der Waals surface area contributed by atoms with Crippen molar-refractivity contribution in [3.8, 4) is 5.75 Å². The summed E-state index contributed by atoms with van der Waals surface area (Å²) in [5, 5.41) is 0. The van der Waals surface area contributed by atoms with E-state index >= 15 is 0 Å². The summed E-state index contributed by atoms with van der Waals surface area (Å²) in [6.07, 6.45) is 30.6. The van der Waals surface area contributed by atoms with Crippen molar-refractivity contribution in [2.75, 3.05) is 6.61 Å². The smallest absolute Gasteiger partial charge is 0.119 e. The first kappa shape index (κ1) is 33.1. The van der Waals surface area contributed by atoms with E-state index in [9.17, 15) is 0 Å². The average Bonchev–Trinajstić information content (AvgIpc) is 2.97. The molecule has 0 N–H and O–H groups in total. The zero-order chi connectivity index (χ0) is 27.6. The summed E-state index contributed by atoms with van der Waals surface area (Å²) in [5.41, 5.74) is 3.55. The van der Waals surface area contributed by atoms with Gasteiger partial charge in [0.1, 0.15) is 5.75 Å². The van der Waals surface area contributed by atoms with Crippen LogP contribution in [0.4, 0.5) is 5.69 Å². The molecule has 0 heterocycles. The molecule has 0 saturated heterocycles. The summed E-state index contributed by atoms with van der Waals surface area (Å²) in [7, 11) is 0. The van der Waals surface area contributed by atoms with Gasteiger partial charge in [0.25, 0.3) is 0 Å². The largest absolute Gasteiger partial charge is 0.494 e. The minimum atomic E-state index is 0.811. The van der Waals surface area contributed by atoms with Crippen LogP contribution in [-0.2, 0) is 6.42 Å². The van der Waals surface area contributed by atoms with Crippen molar-refractivity contribution in [1.82, 2.24) is 0 Å². The lowest BCUT2D eigenvalue weighted by molar-refractivity contribution is 0.304. The number of aliphatic imine (C=N–C) groups is 1. The molecule has 2 nitrogen and oxygen atoms in total. The minimum Gasteiger partial charge on any atom is -0.494 e. The predicted octanol–water partition coefficient (Wildman–Crippen LogP) is 12.2. The predicted molar refractivity (Wildman–Crippen MR) is 173 cm³/mol. The molecule has 0 saturated carbocycles. The zero-order valence-corrected chi connectivity index (χ0v) is 25.6. The average molecular weight is 534 g/mol. The highest BCUT2D eigenvalue weighted by Crippen LogP contribution is 2.19. The molecule has 2 aromatic carbocycles. The second-order valence-electron chi connectivity index (χ2n) is 11.5. The Kier molecular flexibility index (Phi) is 20.2. The second kappa shape index (κ2) is 23.8. The molecule has 39 heavy (non-hydrogen) atoms. The molecule has 0 atom stereocenters. The summed E-state index contributed by atoms with van der Waals surface area (Å²) < 4.78 is 5.95. The van der Waals surface area contributed by atoms with E-state index in [4.69, 9.17) is 4.74 Å². The number of nitrogens with zero attached hydrogens (tertiary/aromatic N) is 1. The van der Waals surface area contributed by atoms with Crippen LogP contribution in [0.1, 0.15) is 153 Å². The number of rotatable bonds is 25. The van der Waals surface area contributed by atoms with Crippen LogP contribution in [-0.4, -0.2) is 12.8 Å². The lowest BCUT2D eigenvalue weighted by Gasteiger charge is -2.06. The summed E-state index contributed by atoms with van der Waals surface area (Å²) in [5.74, 6) is 0.947. The fourth-order valence-electron chi connectivity index (χ4n) is 5.14. The lowest BCUT2D eigenvalue weighted by atomic mass is 10.0. The Labute approximate surface area is 242 Å². The van der Waals surface area contributed by atoms with Gasteiger partial charge in [-0.3, -0.25) is 4.99 Å². The van der Waals surface area contributed by atoms with E-state index in [0.29, 0.717) is 0 Å². The Hall–Kier alpha value is -2.09. The Morgan fingerprint density at radius 2 is 0.974 bits per heavy atom. The molecule has 0 unspecified atom stereocenters. The van der Waals surface area contributed by atoms with Gasteiger partial charge in [-0.05, 0) is 54.7 Å². The monoisotopic (exact) mass is 533 g/mol. The summed E-state index contributed by atoms with van der Waals surface area (Å²) in [4.78, 5) is 4.65. The van der Waals surface area contributed by atoms with Crippen LogP contribution < -0.4 is 4.74 Å². The maximum absolute atomic E-state index is 5.95. The summed E-state index contributed by atoms with van der Waals surface area (Å²) >= 11 is 0. The standard InChI is InChI=1S/C37H59NO/c1-3-5-7-9-11-12-13-14-15-16-17-18-20-22-32-39-37-30-28-36(29-31-37)38-33-35-26-24-34(25-27-35)23-21-19-10-8-6-4-2/h24-31,33H,3-23,32H2,1-2H3. The van der Waals surface area contributed by atoms with Gasteiger partial charge in [-0.25, -0.2) is 0 Å². The first-order chi connectivity index (χ1) is 19.3. The molecule has 0 bridgehead atoms. The van der Waals surface area contributed by atoms with Gasteiger partial charge >= 0.3 is 0 Å². The van der Waals surface area contributed by atoms with Crippen molar-refractivity contribution < 1.29 is 4.74 Å². The van der Waals surface area contributed by atoms with Gasteiger partial charge in [-0.1, -0.05) is 154 Å². The number of ether oxygens (including phenoxy) is 1. The fourth-order valence-corrected chi connectivity index (χ4v) is 5.14. The highest BCUT2D eigenvalue weighted by atomic mass is 16.5. The number of hydrogen-bond donors (Lipinski definition) is 0. The minimum absolute atomic E-state index is 0.811. The van der Waals surface area contributed by atoms with Gasteiger partial charge < -0.3 is 4.74 Å². The molecule has 2 heteroatoms. The van der Waals surface area contributed by atoms with Crippen LogP contribution in [0.3, 0.4) is 0 Å². The van der Waals surface area contributed by atoms with Crippen molar-refractivity contribution in [2.45, 2.75) is 149 Å². The fraction of sp³-hybridized carbons (Fsp3) is 0.649. The van der Waals surface area contributed by atoms with Crippen LogP contribution in [0.5, 0.6) is 5.75 Å². The third-order valence-corrected chi connectivity index (χ3v) is 7.76. The Morgan fingerprint density at radius 1 is 0.513 bits per heavy atom. The van der Waals surface area contributed by atoms with Gasteiger partial charge in [0.05, 0.1) is 12.3 Å². The third kappa shape index (κ3) is 18.0. The van der Waals surface area contributed by atoms with Crippen LogP contribution in [0.25, 0.3) is 0 Å². The molecule has 0 spiro atoms. The maximum Gasteiger partial charge on any atom is 0.119 e. The molecule has 0 aliphatic heterocycles. The molecule has 0 aromatic heterocycles. The van der Waals surface area contributed by atoms with E-state index in [2.05, 4.69) is 43.1 Å². The summed E-state index contributed by atoms with van der Waals surface area (Å²) in [6, 6.07) is 17.0. The maximum atomic E-state index is 5.95. The third-order valence-electron chi connectivity index (χ3n) is 7.76. The number of benzene rings is 2. The van der Waals surface area contributed by atoms with Crippen molar-refractivity contribution >= 4 is 11.9 Å². The van der Waals surface area contributed by atoms with Crippen LogP contribution in [0.2, 0.25) is 0 Å². The van der Waals surface area contributed by atoms with E-state index < -0.39 is 0 Å². The van der Waals surface area contributed by atoms with Gasteiger partial charge in [0.15, 0.2) is 0 Å². The molecule has 0 amide bonds. The quantitative estimate of drug-likeness (QED) is 0.0918. The Bertz CT molecular complexity index is 824. The summed E-state index contributed by atoms with van der Waals surface area (Å²) in [6.45, 7) is 5.38. The highest BCUT2D eigenvalue weighted by Gasteiger charge is 1.98. The van der Waals surface area contributed by atoms with E-state index in [-0.39, 0.29) is 0 Å². The van der Waals surface area contributed by atoms with Crippen molar-refractivity contribution in [3.05, 3.63) is 59.7 Å². The van der Waals surface area contributed by atoms with Gasteiger partial charge in [-0.15, -0.1) is 0 Å². The van der Waals surface area contributed by atoms with E-state index in [1.165, 1.54) is 134 Å². The molecule has 0 aliphatic carbocycles. The SMILES string of the molecule is CCCCCCCCCCCCCCCCOc1ccc(N=Cc2ccc(CCCCCCCC)cc2)cc1. The first-order valence-electron chi connectivity index (χ1n) is 16.7. The van der Waals surface area contributed by atoms with Crippen LogP contribution in [0.15, 0.2) is 53.5 Å². The normalized spacial score (nSPS) is 11.4. The van der Waals surface area contributed by atoms with Gasteiger partial charge in [0.2, 0.25) is 0 Å². The molecular weight excluding hydrogens is 474 g/mol. The van der Waals surface area contributed by atoms with Crippen molar-refractivity contribution in [2.24, 2.45) is 4.99 Å². The van der Waals surface area contributed by atoms with Crippen molar-refractivity contribution in [1.29, 1.82) is 0 Å². The first-order valence-corrected chi connectivity index (χ1v) is 16.7. The molecule has 218 valence electrons. The zero-order valence-electron chi connectivity index (χ0n) is 25.6. The van der Waals surface area contributed by atoms with E-state index in [1.54, 1.807) is 0 Å². The van der Waals surface area contributed by atoms with Gasteiger partial charge in [-0.2, -0.15) is 0 Å². The molecular formula is C37H59NO. The van der Waals surface area contributed by atoms with Crippen molar-refractivity contribution in [3.63, 3.8) is 0 Å². The van der Waals surface area contributed by atoms with Crippen LogP contribution in [0, 0.1) is 0 Å². The van der Waals surface area contributed by atoms with E-state index in [1.807, 2.05) is 30.5 Å². The molecule has 0 radical (unpaired) electrons. The number of aryl methyl sites for hydroxylation is 1.